The number of sulfonamides is 1. The van der Waals surface area contributed by atoms with Gasteiger partial charge in [0.2, 0.25) is 5.91 Å². The van der Waals surface area contributed by atoms with E-state index in [9.17, 15) is 27.9 Å². The number of rotatable bonds is 9. The number of hydrogen-bond donors (Lipinski definition) is 3. The van der Waals surface area contributed by atoms with Crippen LogP contribution in [0.4, 0.5) is 5.69 Å². The maximum Gasteiger partial charge on any atom is 0.326 e. The van der Waals surface area contributed by atoms with Gasteiger partial charge in [-0.1, -0.05) is 58.5 Å². The molecule has 1 aliphatic carbocycles. The van der Waals surface area contributed by atoms with Crippen molar-refractivity contribution in [1.29, 1.82) is 0 Å². The smallest absolute Gasteiger partial charge is 0.326 e. The lowest BCUT2D eigenvalue weighted by Crippen LogP contribution is -2.63. The van der Waals surface area contributed by atoms with E-state index in [0.717, 1.165) is 11.3 Å². The van der Waals surface area contributed by atoms with Crippen molar-refractivity contribution in [3.8, 4) is 0 Å². The molecule has 2 aliphatic heterocycles. The highest BCUT2D eigenvalue weighted by atomic mass is 35.5. The standard InChI is InChI=1S/C27H24Cl4N4O6S2/c28-18-12-22(42-24(18)31)43(40,41)35-17-7-3-14(4-8-17)23(35)26(37)33-19(27(38)39)9-13-1-5-16(6-2-13)32-25(36)15-10-20(29)34-21(30)11-15/h1-2,5-6,10-12,14,17,19,23H,3-4,7-9H2,(H,32,36)(H,33,37)(H,38,39)/t14?,17?,19-,23+/m0/s1. The maximum absolute atomic E-state index is 13.7. The first-order valence-electron chi connectivity index (χ1n) is 13.1. The topological polar surface area (TPSA) is 146 Å². The molecule has 16 heteroatoms. The Morgan fingerprint density at radius 2 is 1.63 bits per heavy atom. The zero-order valence-electron chi connectivity index (χ0n) is 22.1. The van der Waals surface area contributed by atoms with E-state index in [1.807, 2.05) is 0 Å². The number of nitrogens with zero attached hydrogens (tertiary/aromatic N) is 2. The Bertz CT molecular complexity index is 1640. The second-order valence-corrected chi connectivity index (χ2v) is 15.2. The zero-order chi connectivity index (χ0) is 31.1. The van der Waals surface area contributed by atoms with Crippen molar-refractivity contribution in [2.24, 2.45) is 5.92 Å². The number of aromatic nitrogens is 1. The summed E-state index contributed by atoms with van der Waals surface area (Å²) in [5.74, 6) is -2.67. The van der Waals surface area contributed by atoms with E-state index in [4.69, 9.17) is 46.4 Å². The summed E-state index contributed by atoms with van der Waals surface area (Å²) in [5.41, 5.74) is 1.21. The number of piperidine rings is 2. The lowest BCUT2D eigenvalue weighted by Gasteiger charge is -2.49. The fraction of sp³-hybridized carbons (Fsp3) is 0.333. The van der Waals surface area contributed by atoms with E-state index in [2.05, 4.69) is 15.6 Å². The lowest BCUT2D eigenvalue weighted by atomic mass is 9.76. The van der Waals surface area contributed by atoms with E-state index in [1.54, 1.807) is 24.3 Å². The van der Waals surface area contributed by atoms with Crippen LogP contribution in [0.15, 0.2) is 46.7 Å². The molecule has 1 saturated carbocycles. The van der Waals surface area contributed by atoms with Crippen LogP contribution in [-0.4, -0.2) is 58.7 Å². The Morgan fingerprint density at radius 1 is 1.00 bits per heavy atom. The van der Waals surface area contributed by atoms with Crippen LogP contribution < -0.4 is 10.6 Å². The van der Waals surface area contributed by atoms with Crippen LogP contribution >= 0.6 is 57.7 Å². The fourth-order valence-electron chi connectivity index (χ4n) is 5.56. The molecule has 2 atom stereocenters. The summed E-state index contributed by atoms with van der Waals surface area (Å²) in [6.45, 7) is 0. The first-order chi connectivity index (χ1) is 20.3. The number of carbonyl (C=O) groups is 3. The Hall–Kier alpha value is -2.45. The van der Waals surface area contributed by atoms with E-state index in [1.165, 1.54) is 22.5 Å². The summed E-state index contributed by atoms with van der Waals surface area (Å²) in [5, 5.41) is 15.4. The van der Waals surface area contributed by atoms with E-state index in [-0.39, 0.29) is 41.8 Å². The number of aliphatic carboxylic acids is 1. The molecule has 2 amide bonds. The summed E-state index contributed by atoms with van der Waals surface area (Å²) >= 11 is 24.6. The molecule has 6 rings (SSSR count). The van der Waals surface area contributed by atoms with Crippen molar-refractivity contribution in [3.05, 3.63) is 73.3 Å². The third kappa shape index (κ3) is 6.95. The van der Waals surface area contributed by atoms with Gasteiger partial charge in [-0.15, -0.1) is 11.3 Å². The summed E-state index contributed by atoms with van der Waals surface area (Å²) in [4.78, 5) is 42.2. The molecule has 3 aromatic rings. The molecule has 10 nitrogen and oxygen atoms in total. The Morgan fingerprint density at radius 3 is 2.19 bits per heavy atom. The number of thiophene rings is 1. The molecule has 0 radical (unpaired) electrons. The molecule has 43 heavy (non-hydrogen) atoms. The molecule has 4 heterocycles. The number of carboxylic acids is 1. The number of halogens is 4. The number of hydrogen-bond acceptors (Lipinski definition) is 7. The highest BCUT2D eigenvalue weighted by molar-refractivity contribution is 7.91. The minimum Gasteiger partial charge on any atom is -0.480 e. The minimum atomic E-state index is -4.12. The van der Waals surface area contributed by atoms with Crippen molar-refractivity contribution >= 4 is 91.2 Å². The van der Waals surface area contributed by atoms with Crippen molar-refractivity contribution in [3.63, 3.8) is 0 Å². The Kier molecular flexibility index (Phi) is 9.57. The van der Waals surface area contributed by atoms with Crippen molar-refractivity contribution in [1.82, 2.24) is 14.6 Å². The van der Waals surface area contributed by atoms with Gasteiger partial charge in [0.15, 0.2) is 0 Å². The van der Waals surface area contributed by atoms with Crippen LogP contribution in [0.5, 0.6) is 0 Å². The van der Waals surface area contributed by atoms with Gasteiger partial charge < -0.3 is 15.7 Å². The van der Waals surface area contributed by atoms with Gasteiger partial charge in [-0.05, 0) is 67.5 Å². The summed E-state index contributed by atoms with van der Waals surface area (Å²) in [6.07, 6.45) is 2.45. The van der Waals surface area contributed by atoms with Gasteiger partial charge in [-0.25, -0.2) is 18.2 Å². The van der Waals surface area contributed by atoms with E-state index >= 15 is 0 Å². The first-order valence-corrected chi connectivity index (χ1v) is 16.8. The monoisotopic (exact) mass is 704 g/mol. The number of pyridine rings is 1. The van der Waals surface area contributed by atoms with Crippen LogP contribution in [0.3, 0.4) is 0 Å². The third-order valence-electron chi connectivity index (χ3n) is 7.54. The first kappa shape index (κ1) is 32.0. The van der Waals surface area contributed by atoms with Crippen LogP contribution in [0, 0.1) is 5.92 Å². The Labute approximate surface area is 271 Å². The number of nitrogens with one attached hydrogen (secondary N) is 2. The normalized spacial score (nSPS) is 20.9. The average Bonchev–Trinajstić information content (AvgIpc) is 3.31. The van der Waals surface area contributed by atoms with Crippen LogP contribution in [0.1, 0.15) is 41.6 Å². The van der Waals surface area contributed by atoms with E-state index < -0.39 is 45.9 Å². The molecule has 2 bridgehead atoms. The molecule has 3 aliphatic rings. The molecular weight excluding hydrogens is 682 g/mol. The van der Waals surface area contributed by atoms with Gasteiger partial charge in [-0.2, -0.15) is 4.31 Å². The van der Waals surface area contributed by atoms with Gasteiger partial charge >= 0.3 is 5.97 Å². The molecule has 228 valence electrons. The number of anilines is 1. The van der Waals surface area contributed by atoms with Crippen molar-refractivity contribution < 1.29 is 27.9 Å². The van der Waals surface area contributed by atoms with Crippen molar-refractivity contribution in [2.75, 3.05) is 5.32 Å². The second kappa shape index (κ2) is 12.9. The summed E-state index contributed by atoms with van der Waals surface area (Å²) in [6, 6.07) is 7.63. The fourth-order valence-corrected chi connectivity index (χ4v) is 9.90. The Balaban J connectivity index is 1.30. The quantitative estimate of drug-likeness (QED) is 0.240. The molecular formula is C27H24Cl4N4O6S2. The molecule has 0 unspecified atom stereocenters. The molecule has 2 saturated heterocycles. The summed E-state index contributed by atoms with van der Waals surface area (Å²) < 4.78 is 28.6. The number of fused-ring (bicyclic) bond motifs is 3. The average molecular weight is 706 g/mol. The molecule has 0 spiro atoms. The third-order valence-corrected chi connectivity index (χ3v) is 12.2. The molecule has 3 N–H and O–H groups in total. The predicted octanol–water partition coefficient (Wildman–Crippen LogP) is 5.75. The van der Waals surface area contributed by atoms with Crippen LogP contribution in [0.25, 0.3) is 0 Å². The van der Waals surface area contributed by atoms with Crippen molar-refractivity contribution in [2.45, 2.75) is 54.4 Å². The maximum atomic E-state index is 13.7. The molecule has 2 aromatic heterocycles. The van der Waals surface area contributed by atoms with E-state index in [0.29, 0.717) is 36.9 Å². The number of carboxylic acid groups (broad SMARTS) is 1. The SMILES string of the molecule is O=C(Nc1ccc(C[C@H](NC(=O)[C@H]2C3CCC(CC3)N2S(=O)(=O)c2cc(Cl)c(Cl)s2)C(=O)O)cc1)c1cc(Cl)nc(Cl)c1. The minimum absolute atomic E-state index is 0.0649. The second-order valence-electron chi connectivity index (χ2n) is 10.3. The van der Waals surface area contributed by atoms with Gasteiger partial charge in [-0.3, -0.25) is 9.59 Å². The summed E-state index contributed by atoms with van der Waals surface area (Å²) in [7, 11) is -4.12. The lowest BCUT2D eigenvalue weighted by molar-refractivity contribution is -0.143. The van der Waals surface area contributed by atoms with Gasteiger partial charge in [0.05, 0.1) is 5.02 Å². The van der Waals surface area contributed by atoms with Gasteiger partial charge in [0.25, 0.3) is 15.9 Å². The van der Waals surface area contributed by atoms with Gasteiger partial charge in [0.1, 0.15) is 30.9 Å². The van der Waals surface area contributed by atoms with Crippen LogP contribution in [0.2, 0.25) is 19.7 Å². The van der Waals surface area contributed by atoms with Gasteiger partial charge in [0, 0.05) is 23.7 Å². The molecule has 3 fully saturated rings. The predicted molar refractivity (Wildman–Crippen MR) is 165 cm³/mol. The number of carbonyl (C=O) groups excluding carboxylic acids is 2. The molecule has 1 aromatic carbocycles. The van der Waals surface area contributed by atoms with Crippen LogP contribution in [-0.2, 0) is 26.0 Å². The zero-order valence-corrected chi connectivity index (χ0v) is 26.8. The highest BCUT2D eigenvalue weighted by Crippen LogP contribution is 2.45. The highest BCUT2D eigenvalue weighted by Gasteiger charge is 2.51. The number of amides is 2. The largest absolute Gasteiger partial charge is 0.480 e. The number of benzene rings is 1.